The van der Waals surface area contributed by atoms with Gasteiger partial charge in [-0.15, -0.1) is 0 Å². The third kappa shape index (κ3) is 4.85. The molecule has 1 aliphatic heterocycles. The lowest BCUT2D eigenvalue weighted by Crippen LogP contribution is -2.29. The molecule has 1 aliphatic rings. The van der Waals surface area contributed by atoms with Crippen LogP contribution in [-0.2, 0) is 16.1 Å². The largest absolute Gasteiger partial charge is 0.467 e. The number of amides is 2. The predicted molar refractivity (Wildman–Crippen MR) is 101 cm³/mol. The summed E-state index contributed by atoms with van der Waals surface area (Å²) in [5.74, 6) is 0.648. The Kier molecular flexibility index (Phi) is 6.06. The molecule has 2 aromatic rings. The van der Waals surface area contributed by atoms with E-state index in [-0.39, 0.29) is 18.2 Å². The molecule has 2 heterocycles. The van der Waals surface area contributed by atoms with Gasteiger partial charge in [-0.05, 0) is 42.3 Å². The lowest BCUT2D eigenvalue weighted by molar-refractivity contribution is -0.126. The van der Waals surface area contributed by atoms with E-state index in [2.05, 4.69) is 6.07 Å². The molecule has 0 aliphatic carbocycles. The van der Waals surface area contributed by atoms with Crippen molar-refractivity contribution >= 4 is 23.6 Å². The number of hydrogen-bond donors (Lipinski definition) is 0. The summed E-state index contributed by atoms with van der Waals surface area (Å²) in [5.41, 5.74) is 1.76. The normalized spacial score (nSPS) is 13.9. The average molecular weight is 363 g/mol. The molecule has 0 radical (unpaired) electrons. The van der Waals surface area contributed by atoms with Crippen molar-refractivity contribution in [2.75, 3.05) is 18.0 Å². The summed E-state index contributed by atoms with van der Waals surface area (Å²) in [5, 5.41) is 8.81. The second-order valence-electron chi connectivity index (χ2n) is 6.32. The second-order valence-corrected chi connectivity index (χ2v) is 6.32. The number of carbonyl (C=O) groups excluding carboxylic acids is 2. The molecule has 0 unspecified atom stereocenters. The fourth-order valence-corrected chi connectivity index (χ4v) is 3.00. The van der Waals surface area contributed by atoms with Gasteiger partial charge < -0.3 is 14.2 Å². The Balaban J connectivity index is 1.64. The monoisotopic (exact) mass is 363 g/mol. The maximum Gasteiger partial charge on any atom is 0.247 e. The van der Waals surface area contributed by atoms with E-state index < -0.39 is 0 Å². The molecule has 0 N–H and O–H groups in total. The van der Waals surface area contributed by atoms with Gasteiger partial charge in [0, 0.05) is 31.3 Å². The number of hydrogen-bond acceptors (Lipinski definition) is 4. The van der Waals surface area contributed by atoms with Crippen LogP contribution in [0.15, 0.2) is 53.2 Å². The molecule has 1 fully saturated rings. The number of anilines is 1. The van der Waals surface area contributed by atoms with Crippen LogP contribution >= 0.6 is 0 Å². The Morgan fingerprint density at radius 1 is 1.30 bits per heavy atom. The number of nitriles is 1. The highest BCUT2D eigenvalue weighted by Gasteiger charge is 2.21. The summed E-state index contributed by atoms with van der Waals surface area (Å²) >= 11 is 0. The van der Waals surface area contributed by atoms with E-state index in [1.54, 1.807) is 34.3 Å². The van der Waals surface area contributed by atoms with Gasteiger partial charge in [0.15, 0.2) is 0 Å². The van der Waals surface area contributed by atoms with Crippen molar-refractivity contribution in [3.8, 4) is 6.07 Å². The van der Waals surface area contributed by atoms with Crippen LogP contribution in [-0.4, -0.2) is 29.8 Å². The van der Waals surface area contributed by atoms with Crippen molar-refractivity contribution in [1.82, 2.24) is 4.90 Å². The van der Waals surface area contributed by atoms with E-state index in [1.165, 1.54) is 6.08 Å². The number of rotatable bonds is 7. The summed E-state index contributed by atoms with van der Waals surface area (Å²) in [4.78, 5) is 27.7. The van der Waals surface area contributed by atoms with Crippen LogP contribution in [0.4, 0.5) is 5.69 Å². The third-order valence-electron chi connectivity index (χ3n) is 4.43. The molecule has 0 bridgehead atoms. The zero-order valence-corrected chi connectivity index (χ0v) is 15.0. The van der Waals surface area contributed by atoms with Gasteiger partial charge in [-0.25, -0.2) is 0 Å². The molecular weight excluding hydrogens is 342 g/mol. The van der Waals surface area contributed by atoms with E-state index in [1.807, 2.05) is 24.3 Å². The molecule has 6 nitrogen and oxygen atoms in total. The quantitative estimate of drug-likeness (QED) is 0.707. The summed E-state index contributed by atoms with van der Waals surface area (Å²) in [7, 11) is 0. The first-order valence-electron chi connectivity index (χ1n) is 8.94. The van der Waals surface area contributed by atoms with Crippen LogP contribution in [0, 0.1) is 11.3 Å². The Bertz CT molecular complexity index is 848. The fraction of sp³-hybridized carbons (Fsp3) is 0.286. The van der Waals surface area contributed by atoms with Crippen molar-refractivity contribution in [3.63, 3.8) is 0 Å². The smallest absolute Gasteiger partial charge is 0.247 e. The first-order chi connectivity index (χ1) is 13.2. The molecule has 0 spiro atoms. The minimum Gasteiger partial charge on any atom is -0.467 e. The second kappa shape index (κ2) is 8.86. The first kappa shape index (κ1) is 18.5. The van der Waals surface area contributed by atoms with Crippen LogP contribution in [0.3, 0.4) is 0 Å². The standard InChI is InChI=1S/C21H21N3O3/c22-12-3-13-23(16-19-4-2-15-27-19)20(25)11-8-17-6-9-18(10-7-17)24-14-1-5-21(24)26/h2,4,6-11,15H,1,3,5,13-14,16H2/b11-8-. The van der Waals surface area contributed by atoms with Gasteiger partial charge in [-0.1, -0.05) is 12.1 Å². The Morgan fingerprint density at radius 3 is 2.74 bits per heavy atom. The van der Waals surface area contributed by atoms with Crippen molar-refractivity contribution in [3.05, 3.63) is 60.1 Å². The van der Waals surface area contributed by atoms with E-state index in [0.29, 0.717) is 25.3 Å². The van der Waals surface area contributed by atoms with Crippen LogP contribution in [0.25, 0.3) is 6.08 Å². The Morgan fingerprint density at radius 2 is 2.11 bits per heavy atom. The minimum absolute atomic E-state index is 0.152. The zero-order valence-electron chi connectivity index (χ0n) is 15.0. The van der Waals surface area contributed by atoms with E-state index in [9.17, 15) is 9.59 Å². The van der Waals surface area contributed by atoms with Gasteiger partial charge in [-0.2, -0.15) is 5.26 Å². The number of furan rings is 1. The van der Waals surface area contributed by atoms with Crippen molar-refractivity contribution in [2.24, 2.45) is 0 Å². The SMILES string of the molecule is N#CCCN(Cc1ccco1)C(=O)/C=C\c1ccc(N2CCCC2=O)cc1. The number of benzene rings is 1. The fourth-order valence-electron chi connectivity index (χ4n) is 3.00. The predicted octanol–water partition coefficient (Wildman–Crippen LogP) is 3.36. The van der Waals surface area contributed by atoms with Crippen LogP contribution in [0.2, 0.25) is 0 Å². The highest BCUT2D eigenvalue weighted by Crippen LogP contribution is 2.22. The maximum absolute atomic E-state index is 12.5. The van der Waals surface area contributed by atoms with Crippen LogP contribution in [0.5, 0.6) is 0 Å². The summed E-state index contributed by atoms with van der Waals surface area (Å²) in [6.07, 6.45) is 6.55. The molecular formula is C21H21N3O3. The number of nitrogens with zero attached hydrogens (tertiary/aromatic N) is 3. The summed E-state index contributed by atoms with van der Waals surface area (Å²) in [6, 6.07) is 13.2. The molecule has 0 atom stereocenters. The third-order valence-corrected chi connectivity index (χ3v) is 4.43. The van der Waals surface area contributed by atoms with Crippen LogP contribution < -0.4 is 4.90 Å². The van der Waals surface area contributed by atoms with E-state index in [4.69, 9.17) is 9.68 Å². The van der Waals surface area contributed by atoms with Crippen molar-refractivity contribution in [2.45, 2.75) is 25.8 Å². The van der Waals surface area contributed by atoms with Crippen molar-refractivity contribution in [1.29, 1.82) is 5.26 Å². The highest BCUT2D eigenvalue weighted by molar-refractivity contribution is 5.95. The van der Waals surface area contributed by atoms with E-state index >= 15 is 0 Å². The molecule has 1 aromatic carbocycles. The zero-order chi connectivity index (χ0) is 19.1. The van der Waals surface area contributed by atoms with Crippen LogP contribution in [0.1, 0.15) is 30.6 Å². The molecule has 6 heteroatoms. The Labute approximate surface area is 158 Å². The molecule has 3 rings (SSSR count). The van der Waals surface area contributed by atoms with Crippen molar-refractivity contribution < 1.29 is 14.0 Å². The molecule has 1 aromatic heterocycles. The van der Waals surface area contributed by atoms with Gasteiger partial charge in [0.05, 0.1) is 25.3 Å². The number of carbonyl (C=O) groups is 2. The van der Waals surface area contributed by atoms with Gasteiger partial charge in [0.2, 0.25) is 11.8 Å². The Hall–Kier alpha value is -3.33. The molecule has 138 valence electrons. The maximum atomic E-state index is 12.5. The molecule has 2 amide bonds. The van der Waals surface area contributed by atoms with Gasteiger partial charge >= 0.3 is 0 Å². The molecule has 27 heavy (non-hydrogen) atoms. The minimum atomic E-state index is -0.180. The average Bonchev–Trinajstić information content (AvgIpc) is 3.35. The van der Waals surface area contributed by atoms with Gasteiger partial charge in [0.1, 0.15) is 5.76 Å². The summed E-state index contributed by atoms with van der Waals surface area (Å²) < 4.78 is 5.29. The summed E-state index contributed by atoms with van der Waals surface area (Å²) in [6.45, 7) is 1.43. The highest BCUT2D eigenvalue weighted by atomic mass is 16.3. The molecule has 1 saturated heterocycles. The topological polar surface area (TPSA) is 77.6 Å². The van der Waals surface area contributed by atoms with E-state index in [0.717, 1.165) is 24.2 Å². The lowest BCUT2D eigenvalue weighted by atomic mass is 10.1. The van der Waals surface area contributed by atoms with Gasteiger partial charge in [-0.3, -0.25) is 9.59 Å². The molecule has 0 saturated carbocycles. The lowest BCUT2D eigenvalue weighted by Gasteiger charge is -2.18. The van der Waals surface area contributed by atoms with Gasteiger partial charge in [0.25, 0.3) is 0 Å². The first-order valence-corrected chi connectivity index (χ1v) is 8.94.